The van der Waals surface area contributed by atoms with Gasteiger partial charge in [-0.1, -0.05) is 60.7 Å². The summed E-state index contributed by atoms with van der Waals surface area (Å²) in [6.07, 6.45) is 11.5. The maximum absolute atomic E-state index is 5.83. The van der Waals surface area contributed by atoms with Crippen LogP contribution in [0, 0.1) is 5.92 Å². The lowest BCUT2D eigenvalue weighted by Crippen LogP contribution is -2.11. The van der Waals surface area contributed by atoms with Crippen LogP contribution >= 0.6 is 0 Å². The molecule has 138 valence electrons. The minimum absolute atomic E-state index is 0.397. The normalized spacial score (nSPS) is 17.7. The number of nitrogens with two attached hydrogens (primary N) is 2. The maximum atomic E-state index is 5.83. The molecule has 0 radical (unpaired) electrons. The summed E-state index contributed by atoms with van der Waals surface area (Å²) in [5.41, 5.74) is 12.7. The summed E-state index contributed by atoms with van der Waals surface area (Å²) in [5.74, 6) is 5.95. The fraction of sp³-hybridized carbons (Fsp3) is 0.208. The predicted octanol–water partition coefficient (Wildman–Crippen LogP) is 5.12. The average Bonchev–Trinajstić information content (AvgIpc) is 2.71. The van der Waals surface area contributed by atoms with E-state index in [1.807, 2.05) is 31.2 Å². The molecule has 0 spiro atoms. The van der Waals surface area contributed by atoms with Gasteiger partial charge in [-0.3, -0.25) is 0 Å². The summed E-state index contributed by atoms with van der Waals surface area (Å²) >= 11 is 0. The Balaban J connectivity index is 1.87. The Morgan fingerprint density at radius 3 is 2.52 bits per heavy atom. The van der Waals surface area contributed by atoms with E-state index < -0.39 is 0 Å². The smallest absolute Gasteiger partial charge is 0.0603 e. The Kier molecular flexibility index (Phi) is 6.26. The molecule has 0 fully saturated rings. The molecule has 0 saturated heterocycles. The highest BCUT2D eigenvalue weighted by Crippen LogP contribution is 2.34. The van der Waals surface area contributed by atoms with Crippen molar-refractivity contribution in [3.8, 4) is 0 Å². The number of anilines is 1. The lowest BCUT2D eigenvalue weighted by molar-refractivity contribution is 0.684. The molecular formula is C24H27N3. The van der Waals surface area contributed by atoms with Crippen molar-refractivity contribution in [2.45, 2.75) is 26.2 Å². The zero-order chi connectivity index (χ0) is 19.1. The monoisotopic (exact) mass is 357 g/mol. The molecule has 0 heterocycles. The minimum Gasteiger partial charge on any atom is -0.399 e. The summed E-state index contributed by atoms with van der Waals surface area (Å²) in [7, 11) is 0. The van der Waals surface area contributed by atoms with Crippen LogP contribution < -0.4 is 11.6 Å². The van der Waals surface area contributed by atoms with E-state index in [9.17, 15) is 0 Å². The highest BCUT2D eigenvalue weighted by Gasteiger charge is 2.18. The third-order valence-electron chi connectivity index (χ3n) is 4.87. The van der Waals surface area contributed by atoms with E-state index in [1.165, 1.54) is 22.3 Å². The maximum Gasteiger partial charge on any atom is 0.0603 e. The molecule has 2 aromatic carbocycles. The molecule has 27 heavy (non-hydrogen) atoms. The van der Waals surface area contributed by atoms with Crippen molar-refractivity contribution < 1.29 is 0 Å². The van der Waals surface area contributed by atoms with E-state index in [0.717, 1.165) is 30.7 Å². The van der Waals surface area contributed by atoms with Crippen LogP contribution in [0.2, 0.25) is 0 Å². The lowest BCUT2D eigenvalue weighted by Gasteiger charge is -2.23. The van der Waals surface area contributed by atoms with E-state index in [0.29, 0.717) is 5.92 Å². The molecule has 0 aliphatic heterocycles. The molecule has 3 heteroatoms. The Morgan fingerprint density at radius 1 is 1.11 bits per heavy atom. The van der Waals surface area contributed by atoms with Gasteiger partial charge in [-0.05, 0) is 72.6 Å². The number of benzene rings is 2. The minimum atomic E-state index is 0.397. The average molecular weight is 358 g/mol. The fourth-order valence-corrected chi connectivity index (χ4v) is 3.50. The quantitative estimate of drug-likeness (QED) is 0.326. The molecule has 1 aliphatic rings. The van der Waals surface area contributed by atoms with Crippen LogP contribution in [0.25, 0.3) is 5.57 Å². The van der Waals surface area contributed by atoms with Gasteiger partial charge in [0.2, 0.25) is 0 Å². The highest BCUT2D eigenvalue weighted by molar-refractivity contribution is 5.95. The number of allylic oxidation sites excluding steroid dienone is 6. The second-order valence-corrected chi connectivity index (χ2v) is 6.91. The number of rotatable bonds is 6. The third kappa shape index (κ3) is 4.98. The van der Waals surface area contributed by atoms with E-state index >= 15 is 0 Å². The first-order valence-corrected chi connectivity index (χ1v) is 9.40. The van der Waals surface area contributed by atoms with Gasteiger partial charge in [0.25, 0.3) is 0 Å². The molecule has 0 saturated carbocycles. The number of nitrogens with zero attached hydrogens (tertiary/aromatic N) is 1. The van der Waals surface area contributed by atoms with E-state index in [2.05, 4.69) is 59.7 Å². The predicted molar refractivity (Wildman–Crippen MR) is 116 cm³/mol. The number of hydrogen-bond donors (Lipinski definition) is 2. The molecule has 2 aromatic rings. The second-order valence-electron chi connectivity index (χ2n) is 6.91. The molecule has 0 aromatic heterocycles. The van der Waals surface area contributed by atoms with Gasteiger partial charge >= 0.3 is 0 Å². The molecule has 0 amide bonds. The number of nitrogen functional groups attached to an aromatic ring is 1. The zero-order valence-electron chi connectivity index (χ0n) is 15.8. The van der Waals surface area contributed by atoms with Gasteiger partial charge in [0.15, 0.2) is 0 Å². The second kappa shape index (κ2) is 9.04. The Bertz CT molecular complexity index is 872. The van der Waals surface area contributed by atoms with Gasteiger partial charge in [0, 0.05) is 5.69 Å². The summed E-state index contributed by atoms with van der Waals surface area (Å²) in [6, 6.07) is 18.7. The number of hydrogen-bond acceptors (Lipinski definition) is 3. The van der Waals surface area contributed by atoms with Crippen LogP contribution in [0.5, 0.6) is 0 Å². The largest absolute Gasteiger partial charge is 0.399 e. The summed E-state index contributed by atoms with van der Waals surface area (Å²) in [6.45, 7) is 1.99. The van der Waals surface area contributed by atoms with Gasteiger partial charge < -0.3 is 11.6 Å². The van der Waals surface area contributed by atoms with Gasteiger partial charge in [-0.15, -0.1) is 0 Å². The van der Waals surface area contributed by atoms with Crippen molar-refractivity contribution in [2.24, 2.45) is 16.9 Å². The van der Waals surface area contributed by atoms with Crippen LogP contribution in [-0.4, -0.2) is 5.71 Å². The number of hydrazone groups is 1. The highest BCUT2D eigenvalue weighted by atomic mass is 15.1. The Morgan fingerprint density at radius 2 is 1.85 bits per heavy atom. The standard InChI is InChI=1S/C24H27N3/c1-2-6-23(27-26)16-19-9-12-21(15-18-10-13-22(25)14-11-18)24(17-19)20-7-4-3-5-8-20/h2-8,10-14,17,19H,9,15-16,25-26H2,1H3/b6-2-,27-23+. The van der Waals surface area contributed by atoms with Gasteiger partial charge in [0.05, 0.1) is 5.71 Å². The molecule has 1 unspecified atom stereocenters. The van der Waals surface area contributed by atoms with Crippen molar-refractivity contribution in [1.82, 2.24) is 0 Å². The topological polar surface area (TPSA) is 64.4 Å². The molecule has 3 rings (SSSR count). The van der Waals surface area contributed by atoms with Gasteiger partial charge in [-0.2, -0.15) is 5.10 Å². The lowest BCUT2D eigenvalue weighted by atomic mass is 9.82. The van der Waals surface area contributed by atoms with Crippen molar-refractivity contribution in [1.29, 1.82) is 0 Å². The Hall–Kier alpha value is -3.07. The molecule has 3 nitrogen and oxygen atoms in total. The fourth-order valence-electron chi connectivity index (χ4n) is 3.50. The van der Waals surface area contributed by atoms with Gasteiger partial charge in [-0.25, -0.2) is 0 Å². The summed E-state index contributed by atoms with van der Waals surface area (Å²) < 4.78 is 0. The van der Waals surface area contributed by atoms with Crippen molar-refractivity contribution >= 4 is 17.0 Å². The van der Waals surface area contributed by atoms with Crippen molar-refractivity contribution in [3.05, 3.63) is 95.6 Å². The van der Waals surface area contributed by atoms with E-state index in [4.69, 9.17) is 11.6 Å². The first-order chi connectivity index (χ1) is 13.2. The van der Waals surface area contributed by atoms with E-state index in [1.54, 1.807) is 0 Å². The Labute approximate surface area is 161 Å². The van der Waals surface area contributed by atoms with Crippen molar-refractivity contribution in [2.75, 3.05) is 5.73 Å². The van der Waals surface area contributed by atoms with Crippen molar-refractivity contribution in [3.63, 3.8) is 0 Å². The first kappa shape index (κ1) is 18.7. The molecule has 1 aliphatic carbocycles. The SMILES string of the molecule is C/C=C\C(CC1C=C(c2ccccc2)C(Cc2ccc(N)cc2)=CC1)=N/N. The zero-order valence-corrected chi connectivity index (χ0v) is 15.8. The molecular weight excluding hydrogens is 330 g/mol. The summed E-state index contributed by atoms with van der Waals surface area (Å²) in [5, 5.41) is 3.93. The van der Waals surface area contributed by atoms with E-state index in [-0.39, 0.29) is 0 Å². The van der Waals surface area contributed by atoms with Crippen LogP contribution in [0.1, 0.15) is 30.9 Å². The molecule has 4 N–H and O–H groups in total. The third-order valence-corrected chi connectivity index (χ3v) is 4.87. The summed E-state index contributed by atoms with van der Waals surface area (Å²) in [4.78, 5) is 0. The van der Waals surface area contributed by atoms with Crippen LogP contribution in [-0.2, 0) is 6.42 Å². The molecule has 0 bridgehead atoms. The van der Waals surface area contributed by atoms with Crippen LogP contribution in [0.15, 0.2) is 89.6 Å². The van der Waals surface area contributed by atoms with Crippen LogP contribution in [0.4, 0.5) is 5.69 Å². The first-order valence-electron chi connectivity index (χ1n) is 9.40. The molecule has 1 atom stereocenters. The van der Waals surface area contributed by atoms with Crippen LogP contribution in [0.3, 0.4) is 0 Å². The van der Waals surface area contributed by atoms with Gasteiger partial charge in [0.1, 0.15) is 0 Å².